The van der Waals surface area contributed by atoms with Crippen molar-refractivity contribution in [2.24, 2.45) is 0 Å². The third-order valence-electron chi connectivity index (χ3n) is 3.95. The first-order valence-corrected chi connectivity index (χ1v) is 9.35. The fourth-order valence-corrected chi connectivity index (χ4v) is 3.48. The lowest BCUT2D eigenvalue weighted by molar-refractivity contribution is -0.117. The molecular weight excluding hydrogens is 364 g/mol. The van der Waals surface area contributed by atoms with E-state index >= 15 is 0 Å². The highest BCUT2D eigenvalue weighted by Gasteiger charge is 2.15. The summed E-state index contributed by atoms with van der Waals surface area (Å²) in [5.41, 5.74) is 0.659. The van der Waals surface area contributed by atoms with Gasteiger partial charge in [0, 0.05) is 23.2 Å². The molecule has 142 valence electrons. The molecule has 27 heavy (non-hydrogen) atoms. The minimum absolute atomic E-state index is 0.106. The van der Waals surface area contributed by atoms with Gasteiger partial charge in [-0.15, -0.1) is 11.3 Å². The van der Waals surface area contributed by atoms with Gasteiger partial charge in [-0.3, -0.25) is 9.69 Å². The SMILES string of the molecule is COc1ccc(NC(=O)CN(Cc2ccco2)Cc2cccs2)cc1OC. The topological polar surface area (TPSA) is 63.9 Å². The molecule has 1 N–H and O–H groups in total. The Bertz CT molecular complexity index is 811. The predicted molar refractivity (Wildman–Crippen MR) is 105 cm³/mol. The van der Waals surface area contributed by atoms with E-state index in [0.717, 1.165) is 5.76 Å². The van der Waals surface area contributed by atoms with E-state index in [9.17, 15) is 4.79 Å². The Morgan fingerprint density at radius 1 is 1.11 bits per heavy atom. The molecule has 1 amide bonds. The standard InChI is InChI=1S/C20H22N2O4S/c1-24-18-8-7-15(11-19(18)25-2)21-20(23)14-22(12-16-5-3-9-26-16)13-17-6-4-10-27-17/h3-11H,12-14H2,1-2H3,(H,21,23). The lowest BCUT2D eigenvalue weighted by atomic mass is 10.2. The summed E-state index contributed by atoms with van der Waals surface area (Å²) in [5.74, 6) is 1.91. The molecule has 0 unspecified atom stereocenters. The third kappa shape index (κ3) is 5.35. The molecule has 0 aliphatic rings. The van der Waals surface area contributed by atoms with Crippen LogP contribution in [0, 0.1) is 0 Å². The lowest BCUT2D eigenvalue weighted by Gasteiger charge is -2.20. The molecule has 0 aliphatic carbocycles. The highest BCUT2D eigenvalue weighted by atomic mass is 32.1. The summed E-state index contributed by atoms with van der Waals surface area (Å²) in [6.07, 6.45) is 1.64. The molecular formula is C20H22N2O4S. The zero-order valence-corrected chi connectivity index (χ0v) is 16.1. The van der Waals surface area contributed by atoms with Crippen LogP contribution in [0.2, 0.25) is 0 Å². The Morgan fingerprint density at radius 3 is 2.63 bits per heavy atom. The fraction of sp³-hybridized carbons (Fsp3) is 0.250. The summed E-state index contributed by atoms with van der Waals surface area (Å²) in [5, 5.41) is 4.95. The van der Waals surface area contributed by atoms with Crippen LogP contribution in [0.15, 0.2) is 58.5 Å². The van der Waals surface area contributed by atoms with Gasteiger partial charge >= 0.3 is 0 Å². The van der Waals surface area contributed by atoms with Crippen LogP contribution in [0.3, 0.4) is 0 Å². The number of carbonyl (C=O) groups excluding carboxylic acids is 1. The Kier molecular flexibility index (Phi) is 6.51. The highest BCUT2D eigenvalue weighted by Crippen LogP contribution is 2.29. The Morgan fingerprint density at radius 2 is 1.96 bits per heavy atom. The van der Waals surface area contributed by atoms with E-state index in [0.29, 0.717) is 30.3 Å². The van der Waals surface area contributed by atoms with Crippen LogP contribution in [0.25, 0.3) is 0 Å². The molecule has 0 fully saturated rings. The normalized spacial score (nSPS) is 10.8. The molecule has 3 aromatic rings. The summed E-state index contributed by atoms with van der Waals surface area (Å²) in [7, 11) is 3.14. The summed E-state index contributed by atoms with van der Waals surface area (Å²) < 4.78 is 15.9. The van der Waals surface area contributed by atoms with Gasteiger partial charge < -0.3 is 19.2 Å². The van der Waals surface area contributed by atoms with Crippen molar-refractivity contribution in [3.8, 4) is 11.5 Å². The summed E-state index contributed by atoms with van der Waals surface area (Å²) in [6.45, 7) is 1.48. The molecule has 1 aromatic carbocycles. The van der Waals surface area contributed by atoms with Crippen molar-refractivity contribution in [1.29, 1.82) is 0 Å². The number of hydrogen-bond donors (Lipinski definition) is 1. The number of furan rings is 1. The monoisotopic (exact) mass is 386 g/mol. The minimum atomic E-state index is -0.106. The van der Waals surface area contributed by atoms with Crippen LogP contribution in [0.4, 0.5) is 5.69 Å². The number of nitrogens with zero attached hydrogens (tertiary/aromatic N) is 1. The molecule has 0 saturated heterocycles. The zero-order chi connectivity index (χ0) is 19.1. The van der Waals surface area contributed by atoms with Crippen molar-refractivity contribution in [2.75, 3.05) is 26.1 Å². The van der Waals surface area contributed by atoms with Crippen LogP contribution in [0.5, 0.6) is 11.5 Å². The number of benzene rings is 1. The van der Waals surface area contributed by atoms with Crippen molar-refractivity contribution in [3.63, 3.8) is 0 Å². The average molecular weight is 386 g/mol. The molecule has 0 radical (unpaired) electrons. The molecule has 0 spiro atoms. The Hall–Kier alpha value is -2.77. The van der Waals surface area contributed by atoms with Gasteiger partial charge in [0.1, 0.15) is 5.76 Å². The second-order valence-corrected chi connectivity index (χ2v) is 6.95. The Labute approximate surface area is 162 Å². The summed E-state index contributed by atoms with van der Waals surface area (Å²) in [6, 6.07) is 13.1. The smallest absolute Gasteiger partial charge is 0.238 e. The summed E-state index contributed by atoms with van der Waals surface area (Å²) >= 11 is 1.67. The van der Waals surface area contributed by atoms with E-state index in [1.165, 1.54) is 4.88 Å². The fourth-order valence-electron chi connectivity index (χ4n) is 2.73. The number of rotatable bonds is 9. The Balaban J connectivity index is 1.66. The van der Waals surface area contributed by atoms with Crippen molar-refractivity contribution in [2.45, 2.75) is 13.1 Å². The van der Waals surface area contributed by atoms with Gasteiger partial charge in [0.25, 0.3) is 0 Å². The molecule has 0 saturated carbocycles. The second kappa shape index (κ2) is 9.25. The number of amides is 1. The molecule has 7 heteroatoms. The number of methoxy groups -OCH3 is 2. The number of anilines is 1. The van der Waals surface area contributed by atoms with Gasteiger partial charge in [0.2, 0.25) is 5.91 Å². The maximum absolute atomic E-state index is 12.6. The second-order valence-electron chi connectivity index (χ2n) is 5.92. The van der Waals surface area contributed by atoms with E-state index in [1.54, 1.807) is 50.0 Å². The minimum Gasteiger partial charge on any atom is -0.493 e. The highest BCUT2D eigenvalue weighted by molar-refractivity contribution is 7.09. The van der Waals surface area contributed by atoms with Crippen molar-refractivity contribution in [3.05, 3.63) is 64.7 Å². The maximum atomic E-state index is 12.6. The van der Waals surface area contributed by atoms with Crippen LogP contribution in [0.1, 0.15) is 10.6 Å². The van der Waals surface area contributed by atoms with E-state index in [1.807, 2.05) is 28.5 Å². The van der Waals surface area contributed by atoms with E-state index < -0.39 is 0 Å². The van der Waals surface area contributed by atoms with Crippen LogP contribution in [-0.2, 0) is 17.9 Å². The first-order chi connectivity index (χ1) is 13.2. The first kappa shape index (κ1) is 19.0. The van der Waals surface area contributed by atoms with E-state index in [4.69, 9.17) is 13.9 Å². The largest absolute Gasteiger partial charge is 0.493 e. The van der Waals surface area contributed by atoms with Gasteiger partial charge in [0.15, 0.2) is 11.5 Å². The van der Waals surface area contributed by atoms with Crippen LogP contribution >= 0.6 is 11.3 Å². The van der Waals surface area contributed by atoms with E-state index in [2.05, 4.69) is 11.4 Å². The van der Waals surface area contributed by atoms with E-state index in [-0.39, 0.29) is 12.5 Å². The predicted octanol–water partition coefficient (Wildman–Crippen LogP) is 4.00. The van der Waals surface area contributed by atoms with Crippen molar-refractivity contribution >= 4 is 22.9 Å². The first-order valence-electron chi connectivity index (χ1n) is 8.47. The van der Waals surface area contributed by atoms with Gasteiger partial charge in [-0.1, -0.05) is 6.07 Å². The molecule has 3 rings (SSSR count). The molecule has 0 aliphatic heterocycles. The average Bonchev–Trinajstić information content (AvgIpc) is 3.35. The molecule has 6 nitrogen and oxygen atoms in total. The number of nitrogens with one attached hydrogen (secondary N) is 1. The third-order valence-corrected chi connectivity index (χ3v) is 4.81. The quantitative estimate of drug-likeness (QED) is 0.602. The van der Waals surface area contributed by atoms with Crippen molar-refractivity contribution in [1.82, 2.24) is 4.90 Å². The van der Waals surface area contributed by atoms with Crippen molar-refractivity contribution < 1.29 is 18.7 Å². The van der Waals surface area contributed by atoms with Crippen LogP contribution < -0.4 is 14.8 Å². The van der Waals surface area contributed by atoms with Gasteiger partial charge in [-0.2, -0.15) is 0 Å². The van der Waals surface area contributed by atoms with Crippen LogP contribution in [-0.4, -0.2) is 31.6 Å². The number of thiophene rings is 1. The molecule has 2 aromatic heterocycles. The van der Waals surface area contributed by atoms with Gasteiger partial charge in [0.05, 0.1) is 33.6 Å². The number of ether oxygens (including phenoxy) is 2. The number of carbonyl (C=O) groups is 1. The lowest BCUT2D eigenvalue weighted by Crippen LogP contribution is -2.32. The molecule has 2 heterocycles. The zero-order valence-electron chi connectivity index (χ0n) is 15.3. The summed E-state index contributed by atoms with van der Waals surface area (Å²) in [4.78, 5) is 15.8. The molecule has 0 bridgehead atoms. The van der Waals surface area contributed by atoms with Gasteiger partial charge in [-0.05, 0) is 35.7 Å². The molecule has 0 atom stereocenters. The maximum Gasteiger partial charge on any atom is 0.238 e. The number of hydrogen-bond acceptors (Lipinski definition) is 6. The van der Waals surface area contributed by atoms with Gasteiger partial charge in [-0.25, -0.2) is 0 Å².